The van der Waals surface area contributed by atoms with Crippen LogP contribution in [0.4, 0.5) is 0 Å². The highest BCUT2D eigenvalue weighted by Crippen LogP contribution is 2.70. The predicted octanol–water partition coefficient (Wildman–Crippen LogP) is 6.38. The molecule has 3 nitrogen and oxygen atoms in total. The molecule has 10 unspecified atom stereocenters. The molecule has 0 aliphatic heterocycles. The molecule has 0 amide bonds. The molecule has 0 spiro atoms. The van der Waals surface area contributed by atoms with Crippen molar-refractivity contribution in [1.82, 2.24) is 0 Å². The highest BCUT2D eigenvalue weighted by molar-refractivity contribution is 6.03. The third-order valence-corrected chi connectivity index (χ3v) is 11.1. The highest BCUT2D eigenvalue weighted by Gasteiger charge is 2.69. The van der Waals surface area contributed by atoms with E-state index in [1.54, 1.807) is 6.92 Å². The first-order chi connectivity index (χ1) is 14.8. The van der Waals surface area contributed by atoms with Crippen LogP contribution in [-0.2, 0) is 9.59 Å². The van der Waals surface area contributed by atoms with Gasteiger partial charge in [0.2, 0.25) is 0 Å². The second-order valence-corrected chi connectivity index (χ2v) is 13.1. The second kappa shape index (κ2) is 7.79. The Morgan fingerprint density at radius 1 is 1.12 bits per heavy atom. The summed E-state index contributed by atoms with van der Waals surface area (Å²) in [5.74, 6) is 2.31. The summed E-state index contributed by atoms with van der Waals surface area (Å²) in [6.07, 6.45) is 7.05. The number of allylic oxidation sites excluding steroid dienone is 1. The zero-order chi connectivity index (χ0) is 23.8. The summed E-state index contributed by atoms with van der Waals surface area (Å²) in [6.45, 7) is 17.3. The average molecular weight is 443 g/mol. The van der Waals surface area contributed by atoms with Gasteiger partial charge in [0.25, 0.3) is 0 Å². The Bertz CT molecular complexity index is 839. The summed E-state index contributed by atoms with van der Waals surface area (Å²) < 4.78 is 0. The van der Waals surface area contributed by atoms with E-state index in [0.29, 0.717) is 29.1 Å². The zero-order valence-corrected chi connectivity index (χ0v) is 21.8. The summed E-state index contributed by atoms with van der Waals surface area (Å²) in [6, 6.07) is 0. The van der Waals surface area contributed by atoms with Crippen molar-refractivity contribution in [2.24, 2.45) is 51.8 Å². The number of carbonyl (C=O) groups excluding carboxylic acids is 2. The van der Waals surface area contributed by atoms with Gasteiger partial charge in [0.05, 0.1) is 6.10 Å². The Balaban J connectivity index is 1.81. The minimum Gasteiger partial charge on any atom is -0.389 e. The molecule has 0 aromatic rings. The lowest BCUT2D eigenvalue weighted by Gasteiger charge is -2.67. The molecule has 4 aliphatic carbocycles. The SMILES string of the molecule is CCCC1CCC(C)C2C(=O)C3C(C)C4(C)C(=O)C(C(C)O)=C(C)CC4(C)CC3(C)CC12. The number of aliphatic hydroxyl groups is 1. The van der Waals surface area contributed by atoms with Crippen molar-refractivity contribution in [3.05, 3.63) is 11.1 Å². The molecule has 0 heterocycles. The van der Waals surface area contributed by atoms with Crippen LogP contribution in [-0.4, -0.2) is 22.8 Å². The lowest BCUT2D eigenvalue weighted by molar-refractivity contribution is -0.189. The minimum atomic E-state index is -0.746. The molecule has 0 saturated heterocycles. The van der Waals surface area contributed by atoms with Crippen LogP contribution in [0.2, 0.25) is 0 Å². The molecule has 0 aromatic heterocycles. The van der Waals surface area contributed by atoms with E-state index in [-0.39, 0.29) is 34.4 Å². The maximum atomic E-state index is 14.3. The highest BCUT2D eigenvalue weighted by atomic mass is 16.3. The van der Waals surface area contributed by atoms with Crippen molar-refractivity contribution in [2.75, 3.05) is 0 Å². The topological polar surface area (TPSA) is 54.4 Å². The van der Waals surface area contributed by atoms with Crippen molar-refractivity contribution < 1.29 is 14.7 Å². The molecule has 180 valence electrons. The molecule has 3 fully saturated rings. The summed E-state index contributed by atoms with van der Waals surface area (Å²) in [5.41, 5.74) is 0.833. The molecule has 3 heteroatoms. The van der Waals surface area contributed by atoms with Gasteiger partial charge in [-0.05, 0) is 80.5 Å². The number of ketones is 2. The van der Waals surface area contributed by atoms with Gasteiger partial charge in [0, 0.05) is 22.8 Å². The number of carbonyl (C=O) groups is 2. The molecule has 4 aliphatic rings. The first kappa shape index (κ1) is 24.2. The van der Waals surface area contributed by atoms with E-state index in [1.807, 2.05) is 6.92 Å². The first-order valence-corrected chi connectivity index (χ1v) is 13.3. The third kappa shape index (κ3) is 3.08. The number of hydrogen-bond donors (Lipinski definition) is 1. The largest absolute Gasteiger partial charge is 0.389 e. The number of hydrogen-bond acceptors (Lipinski definition) is 3. The van der Waals surface area contributed by atoms with E-state index in [4.69, 9.17) is 0 Å². The maximum absolute atomic E-state index is 14.3. The van der Waals surface area contributed by atoms with Crippen LogP contribution < -0.4 is 0 Å². The number of Topliss-reactive ketones (excluding diaryl/α,β-unsaturated/α-hetero) is 2. The normalized spacial score (nSPS) is 49.9. The Labute approximate surface area is 195 Å². The van der Waals surface area contributed by atoms with E-state index in [0.717, 1.165) is 31.3 Å². The van der Waals surface area contributed by atoms with Crippen LogP contribution >= 0.6 is 0 Å². The Morgan fingerprint density at radius 2 is 1.78 bits per heavy atom. The smallest absolute Gasteiger partial charge is 0.168 e. The van der Waals surface area contributed by atoms with Crippen molar-refractivity contribution >= 4 is 11.6 Å². The fourth-order valence-corrected chi connectivity index (χ4v) is 9.73. The van der Waals surface area contributed by atoms with Crippen molar-refractivity contribution in [1.29, 1.82) is 0 Å². The molecular formula is C29H46O3. The number of rotatable bonds is 3. The van der Waals surface area contributed by atoms with Crippen LogP contribution in [0.1, 0.15) is 100 Å². The van der Waals surface area contributed by atoms with Gasteiger partial charge in [-0.25, -0.2) is 0 Å². The van der Waals surface area contributed by atoms with Crippen molar-refractivity contribution in [3.63, 3.8) is 0 Å². The van der Waals surface area contributed by atoms with Crippen LogP contribution in [0.5, 0.6) is 0 Å². The Kier molecular flexibility index (Phi) is 5.88. The minimum absolute atomic E-state index is 0.00667. The molecule has 0 bridgehead atoms. The van der Waals surface area contributed by atoms with Gasteiger partial charge in [-0.15, -0.1) is 0 Å². The van der Waals surface area contributed by atoms with Gasteiger partial charge in [-0.3, -0.25) is 9.59 Å². The molecule has 10 atom stereocenters. The quantitative estimate of drug-likeness (QED) is 0.551. The molecule has 32 heavy (non-hydrogen) atoms. The predicted molar refractivity (Wildman–Crippen MR) is 129 cm³/mol. The first-order valence-electron chi connectivity index (χ1n) is 13.3. The Morgan fingerprint density at radius 3 is 2.38 bits per heavy atom. The Hall–Kier alpha value is -0.960. The van der Waals surface area contributed by atoms with Crippen LogP contribution in [0.3, 0.4) is 0 Å². The van der Waals surface area contributed by atoms with Gasteiger partial charge in [-0.1, -0.05) is 60.0 Å². The second-order valence-electron chi connectivity index (χ2n) is 13.1. The van der Waals surface area contributed by atoms with Gasteiger partial charge in [0.1, 0.15) is 5.78 Å². The maximum Gasteiger partial charge on any atom is 0.168 e. The van der Waals surface area contributed by atoms with E-state index in [9.17, 15) is 14.7 Å². The molecule has 4 rings (SSSR count). The van der Waals surface area contributed by atoms with E-state index >= 15 is 0 Å². The van der Waals surface area contributed by atoms with Crippen molar-refractivity contribution in [3.8, 4) is 0 Å². The standard InChI is InChI=1S/C29H46O3/c1-9-10-20-12-11-16(2)23-21(20)14-27(6)15-28(7)13-17(3)22(19(5)30)26(32)29(28,8)18(4)24(27)25(23)31/h16,18-21,23-24,30H,9-15H2,1-8H3. The van der Waals surface area contributed by atoms with Crippen LogP contribution in [0.25, 0.3) is 0 Å². The fourth-order valence-electron chi connectivity index (χ4n) is 9.73. The molecule has 0 aromatic carbocycles. The summed E-state index contributed by atoms with van der Waals surface area (Å²) in [4.78, 5) is 28.3. The van der Waals surface area contributed by atoms with E-state index < -0.39 is 11.5 Å². The van der Waals surface area contributed by atoms with Gasteiger partial charge < -0.3 is 5.11 Å². The third-order valence-electron chi connectivity index (χ3n) is 11.1. The summed E-state index contributed by atoms with van der Waals surface area (Å²) in [7, 11) is 0. The number of aliphatic hydroxyl groups excluding tert-OH is 1. The molecule has 0 radical (unpaired) electrons. The lowest BCUT2D eigenvalue weighted by Crippen LogP contribution is -2.66. The summed E-state index contributed by atoms with van der Waals surface area (Å²) in [5, 5.41) is 10.5. The molecule has 1 N–H and O–H groups in total. The van der Waals surface area contributed by atoms with Gasteiger partial charge >= 0.3 is 0 Å². The van der Waals surface area contributed by atoms with E-state index in [2.05, 4.69) is 41.5 Å². The number of fused-ring (bicyclic) bond motifs is 3. The molecular weight excluding hydrogens is 396 g/mol. The zero-order valence-electron chi connectivity index (χ0n) is 21.8. The summed E-state index contributed by atoms with van der Waals surface area (Å²) >= 11 is 0. The fraction of sp³-hybridized carbons (Fsp3) is 0.862. The van der Waals surface area contributed by atoms with Gasteiger partial charge in [0.15, 0.2) is 5.78 Å². The van der Waals surface area contributed by atoms with E-state index in [1.165, 1.54) is 19.3 Å². The average Bonchev–Trinajstić information content (AvgIpc) is 2.66. The van der Waals surface area contributed by atoms with Crippen LogP contribution in [0, 0.1) is 51.8 Å². The van der Waals surface area contributed by atoms with Crippen LogP contribution in [0.15, 0.2) is 11.1 Å². The van der Waals surface area contributed by atoms with Crippen molar-refractivity contribution in [2.45, 2.75) is 106 Å². The monoisotopic (exact) mass is 442 g/mol. The lowest BCUT2D eigenvalue weighted by atomic mass is 9.36. The van der Waals surface area contributed by atoms with Gasteiger partial charge in [-0.2, -0.15) is 0 Å². The molecule has 3 saturated carbocycles.